The molecule has 0 radical (unpaired) electrons. The van der Waals surface area contributed by atoms with Gasteiger partial charge in [0, 0.05) is 28.3 Å². The van der Waals surface area contributed by atoms with Gasteiger partial charge in [0.1, 0.15) is 5.01 Å². The zero-order chi connectivity index (χ0) is 15.1. The number of anilines is 1. The van der Waals surface area contributed by atoms with Gasteiger partial charge in [-0.25, -0.2) is 4.98 Å². The van der Waals surface area contributed by atoms with E-state index in [1.807, 2.05) is 24.3 Å². The van der Waals surface area contributed by atoms with Crippen molar-refractivity contribution in [3.63, 3.8) is 0 Å². The van der Waals surface area contributed by atoms with E-state index in [0.717, 1.165) is 21.3 Å². The zero-order valence-electron chi connectivity index (χ0n) is 11.7. The first-order valence-electron chi connectivity index (χ1n) is 7.08. The predicted molar refractivity (Wildman–Crippen MR) is 89.5 cm³/mol. The standard InChI is InChI=1S/C15H14N4OS2/c16-11-3-1-2-4-12(11)21-8-10-7-13(20)19-15(17-10)22-14(18-19)9-5-6-9/h1-4,7,9H,5-6,8,16H2. The number of nitrogen functional groups attached to an aromatic ring is 1. The topological polar surface area (TPSA) is 73.3 Å². The molecule has 112 valence electrons. The molecule has 1 fully saturated rings. The van der Waals surface area contributed by atoms with Gasteiger partial charge in [0.25, 0.3) is 5.56 Å². The van der Waals surface area contributed by atoms with E-state index in [1.54, 1.807) is 17.8 Å². The highest BCUT2D eigenvalue weighted by atomic mass is 32.2. The highest BCUT2D eigenvalue weighted by molar-refractivity contribution is 7.98. The Kier molecular flexibility index (Phi) is 3.38. The van der Waals surface area contributed by atoms with Crippen LogP contribution in [0.15, 0.2) is 40.0 Å². The maximum Gasteiger partial charge on any atom is 0.275 e. The Morgan fingerprint density at radius 3 is 2.95 bits per heavy atom. The number of thioether (sulfide) groups is 1. The Morgan fingerprint density at radius 1 is 1.36 bits per heavy atom. The molecule has 22 heavy (non-hydrogen) atoms. The Balaban J connectivity index is 1.62. The third-order valence-corrected chi connectivity index (χ3v) is 5.73. The number of hydrogen-bond donors (Lipinski definition) is 1. The van der Waals surface area contributed by atoms with Gasteiger partial charge in [0.15, 0.2) is 0 Å². The SMILES string of the molecule is Nc1ccccc1SCc1cc(=O)n2nc(C3CC3)sc2n1. The third kappa shape index (κ3) is 2.62. The number of nitrogens with zero attached hydrogens (tertiary/aromatic N) is 3. The number of fused-ring (bicyclic) bond motifs is 1. The van der Waals surface area contributed by atoms with Crippen LogP contribution in [0.5, 0.6) is 0 Å². The molecule has 5 nitrogen and oxygen atoms in total. The van der Waals surface area contributed by atoms with Crippen LogP contribution in [0.4, 0.5) is 5.69 Å². The van der Waals surface area contributed by atoms with Crippen molar-refractivity contribution in [3.8, 4) is 0 Å². The van der Waals surface area contributed by atoms with Crippen LogP contribution in [-0.4, -0.2) is 14.6 Å². The largest absolute Gasteiger partial charge is 0.398 e. The second kappa shape index (κ2) is 5.40. The van der Waals surface area contributed by atoms with Crippen molar-refractivity contribution in [2.75, 3.05) is 5.73 Å². The smallest absolute Gasteiger partial charge is 0.275 e. The summed E-state index contributed by atoms with van der Waals surface area (Å²) in [5, 5.41) is 5.41. The molecule has 2 aromatic heterocycles. The summed E-state index contributed by atoms with van der Waals surface area (Å²) in [6, 6.07) is 9.28. The van der Waals surface area contributed by atoms with Gasteiger partial charge < -0.3 is 5.73 Å². The monoisotopic (exact) mass is 330 g/mol. The van der Waals surface area contributed by atoms with E-state index in [2.05, 4.69) is 10.1 Å². The summed E-state index contributed by atoms with van der Waals surface area (Å²) in [5.74, 6) is 1.16. The van der Waals surface area contributed by atoms with E-state index >= 15 is 0 Å². The summed E-state index contributed by atoms with van der Waals surface area (Å²) < 4.78 is 1.42. The van der Waals surface area contributed by atoms with Gasteiger partial charge in [-0.1, -0.05) is 23.5 Å². The molecule has 0 saturated heterocycles. The molecular weight excluding hydrogens is 316 g/mol. The highest BCUT2D eigenvalue weighted by Gasteiger charge is 2.28. The van der Waals surface area contributed by atoms with E-state index in [0.29, 0.717) is 16.6 Å². The molecule has 0 amide bonds. The van der Waals surface area contributed by atoms with Crippen molar-refractivity contribution in [1.29, 1.82) is 0 Å². The minimum atomic E-state index is -0.107. The van der Waals surface area contributed by atoms with E-state index in [9.17, 15) is 4.79 Å². The quantitative estimate of drug-likeness (QED) is 0.588. The van der Waals surface area contributed by atoms with E-state index in [-0.39, 0.29) is 5.56 Å². The van der Waals surface area contributed by atoms with Crippen molar-refractivity contribution >= 4 is 33.7 Å². The number of hydrogen-bond acceptors (Lipinski definition) is 6. The Morgan fingerprint density at radius 2 is 2.18 bits per heavy atom. The van der Waals surface area contributed by atoms with Crippen LogP contribution in [0.3, 0.4) is 0 Å². The van der Waals surface area contributed by atoms with Crippen LogP contribution in [0.25, 0.3) is 4.96 Å². The average molecular weight is 330 g/mol. The summed E-state index contributed by atoms with van der Waals surface area (Å²) in [6.45, 7) is 0. The van der Waals surface area contributed by atoms with E-state index in [4.69, 9.17) is 5.73 Å². The number of rotatable bonds is 4. The van der Waals surface area contributed by atoms with Gasteiger partial charge in [-0.3, -0.25) is 4.79 Å². The fraction of sp³-hybridized carbons (Fsp3) is 0.267. The van der Waals surface area contributed by atoms with Crippen LogP contribution in [0, 0.1) is 0 Å². The third-order valence-electron chi connectivity index (χ3n) is 3.53. The molecule has 0 spiro atoms. The van der Waals surface area contributed by atoms with Gasteiger partial charge in [-0.05, 0) is 25.0 Å². The lowest BCUT2D eigenvalue weighted by Gasteiger charge is -2.04. The van der Waals surface area contributed by atoms with Gasteiger partial charge in [-0.2, -0.15) is 9.61 Å². The molecule has 3 aromatic rings. The average Bonchev–Trinajstić information content (AvgIpc) is 3.26. The molecule has 0 atom stereocenters. The molecule has 1 aliphatic carbocycles. The van der Waals surface area contributed by atoms with E-state index in [1.165, 1.54) is 28.7 Å². The van der Waals surface area contributed by atoms with Crippen LogP contribution < -0.4 is 11.3 Å². The molecule has 4 rings (SSSR count). The summed E-state index contributed by atoms with van der Waals surface area (Å²) in [7, 11) is 0. The van der Waals surface area contributed by atoms with Crippen LogP contribution in [-0.2, 0) is 5.75 Å². The molecule has 1 aromatic carbocycles. The summed E-state index contributed by atoms with van der Waals surface area (Å²) in [4.78, 5) is 18.4. The molecule has 1 saturated carbocycles. The molecular formula is C15H14N4OS2. The summed E-state index contributed by atoms with van der Waals surface area (Å²) >= 11 is 3.12. The van der Waals surface area contributed by atoms with Crippen molar-refractivity contribution in [2.45, 2.75) is 29.4 Å². The maximum absolute atomic E-state index is 12.2. The minimum absolute atomic E-state index is 0.107. The molecule has 1 aliphatic rings. The van der Waals surface area contributed by atoms with Crippen molar-refractivity contribution < 1.29 is 0 Å². The van der Waals surface area contributed by atoms with Gasteiger partial charge in [-0.15, -0.1) is 11.8 Å². The van der Waals surface area contributed by atoms with Crippen LogP contribution in [0.2, 0.25) is 0 Å². The maximum atomic E-state index is 12.2. The molecule has 2 N–H and O–H groups in total. The lowest BCUT2D eigenvalue weighted by Crippen LogP contribution is -2.15. The van der Waals surface area contributed by atoms with Crippen molar-refractivity contribution in [3.05, 3.63) is 51.4 Å². The molecule has 0 aliphatic heterocycles. The Hall–Kier alpha value is -1.86. The van der Waals surface area contributed by atoms with Crippen LogP contribution in [0.1, 0.15) is 29.5 Å². The number of aromatic nitrogens is 3. The Labute approximate surface area is 135 Å². The molecule has 0 unspecified atom stereocenters. The number of nitrogens with two attached hydrogens (primary N) is 1. The van der Waals surface area contributed by atoms with Crippen molar-refractivity contribution in [2.24, 2.45) is 0 Å². The molecule has 0 bridgehead atoms. The molecule has 2 heterocycles. The predicted octanol–water partition coefficient (Wildman–Crippen LogP) is 2.90. The van der Waals surface area contributed by atoms with Crippen molar-refractivity contribution in [1.82, 2.24) is 14.6 Å². The van der Waals surface area contributed by atoms with Gasteiger partial charge in [0.2, 0.25) is 4.96 Å². The first-order chi connectivity index (χ1) is 10.7. The summed E-state index contributed by atoms with van der Waals surface area (Å²) in [5.41, 5.74) is 7.34. The lowest BCUT2D eigenvalue weighted by molar-refractivity contribution is 0.848. The van der Waals surface area contributed by atoms with Gasteiger partial charge in [0.05, 0.1) is 5.69 Å². The van der Waals surface area contributed by atoms with Crippen LogP contribution >= 0.6 is 23.1 Å². The van der Waals surface area contributed by atoms with Gasteiger partial charge >= 0.3 is 0 Å². The molecule has 7 heteroatoms. The second-order valence-electron chi connectivity index (χ2n) is 5.32. The van der Waals surface area contributed by atoms with E-state index < -0.39 is 0 Å². The number of para-hydroxylation sites is 1. The number of benzene rings is 1. The fourth-order valence-corrected chi connectivity index (χ4v) is 4.16. The normalized spacial score (nSPS) is 14.5. The first kappa shape index (κ1) is 13.8. The lowest BCUT2D eigenvalue weighted by atomic mass is 10.3. The second-order valence-corrected chi connectivity index (χ2v) is 7.33. The zero-order valence-corrected chi connectivity index (χ0v) is 13.4. The highest BCUT2D eigenvalue weighted by Crippen LogP contribution is 2.41. The summed E-state index contributed by atoms with van der Waals surface area (Å²) in [6.07, 6.45) is 2.34. The fourth-order valence-electron chi connectivity index (χ4n) is 2.20. The Bertz CT molecular complexity index is 898. The first-order valence-corrected chi connectivity index (χ1v) is 8.88. The minimum Gasteiger partial charge on any atom is -0.398 e.